The number of piperidine rings is 1. The number of nitrogens with one attached hydrogen (secondary N) is 3. The van der Waals surface area contributed by atoms with Crippen molar-refractivity contribution in [3.63, 3.8) is 0 Å². The molecule has 2 aromatic carbocycles. The molecular weight excluding hydrogens is 494 g/mol. The maximum absolute atomic E-state index is 12.7. The zero-order valence-electron chi connectivity index (χ0n) is 20.6. The van der Waals surface area contributed by atoms with Crippen molar-refractivity contribution in [1.82, 2.24) is 20.8 Å². The molecule has 2 heterocycles. The zero-order chi connectivity index (χ0) is 26.0. The number of hydrogen-bond acceptors (Lipinski definition) is 7. The molecule has 9 nitrogen and oxygen atoms in total. The minimum Gasteiger partial charge on any atom is -0.453 e. The van der Waals surface area contributed by atoms with E-state index in [1.54, 1.807) is 12.1 Å². The van der Waals surface area contributed by atoms with Crippen molar-refractivity contribution in [3.05, 3.63) is 77.1 Å². The van der Waals surface area contributed by atoms with Gasteiger partial charge in [-0.05, 0) is 67.6 Å². The average molecular weight is 524 g/mol. The van der Waals surface area contributed by atoms with Crippen molar-refractivity contribution in [2.24, 2.45) is 5.92 Å². The van der Waals surface area contributed by atoms with Crippen LogP contribution < -0.4 is 16.0 Å². The topological polar surface area (TPSA) is 114 Å². The lowest BCUT2D eigenvalue weighted by molar-refractivity contribution is 0.133. The molecule has 0 aliphatic carbocycles. The highest BCUT2D eigenvalue weighted by Gasteiger charge is 2.25. The van der Waals surface area contributed by atoms with Crippen molar-refractivity contribution in [1.29, 1.82) is 0 Å². The van der Waals surface area contributed by atoms with Crippen LogP contribution in [-0.4, -0.2) is 42.6 Å². The molecule has 0 bridgehead atoms. The van der Waals surface area contributed by atoms with Gasteiger partial charge in [0.2, 0.25) is 0 Å². The Bertz CT molecular complexity index is 1190. The molecule has 4 rings (SSSR count). The lowest BCUT2D eigenvalue weighted by Gasteiger charge is -2.27. The van der Waals surface area contributed by atoms with Gasteiger partial charge in [0.05, 0.1) is 18.8 Å². The average Bonchev–Trinajstić information content (AvgIpc) is 2.93. The maximum atomic E-state index is 12.7. The third kappa shape index (κ3) is 7.65. The van der Waals surface area contributed by atoms with Gasteiger partial charge in [-0.25, -0.2) is 9.59 Å². The summed E-state index contributed by atoms with van der Waals surface area (Å²) in [5.74, 6) is 0.373. The van der Waals surface area contributed by atoms with E-state index >= 15 is 0 Å². The smallest absolute Gasteiger partial charge is 0.411 e. The first-order valence-electron chi connectivity index (χ1n) is 12.2. The first-order chi connectivity index (χ1) is 18.0. The van der Waals surface area contributed by atoms with Crippen LogP contribution >= 0.6 is 11.6 Å². The number of alkyl carbamates (subject to hydrolysis) is 1. The minimum atomic E-state index is -0.552. The number of rotatable bonds is 8. The molecule has 1 unspecified atom stereocenters. The zero-order valence-corrected chi connectivity index (χ0v) is 21.3. The van der Waals surface area contributed by atoms with E-state index in [0.717, 1.165) is 37.1 Å². The first-order valence-corrected chi connectivity index (χ1v) is 12.6. The Balaban J connectivity index is 1.53. The van der Waals surface area contributed by atoms with Crippen molar-refractivity contribution >= 4 is 29.5 Å². The molecule has 194 valence electrons. The number of nitrogens with zero attached hydrogens (tertiary/aromatic N) is 2. The van der Waals surface area contributed by atoms with Gasteiger partial charge >= 0.3 is 12.2 Å². The second kappa shape index (κ2) is 13.0. The predicted octanol–water partition coefficient (Wildman–Crippen LogP) is 5.33. The fraction of sp³-hybridized carbons (Fsp3) is 0.333. The van der Waals surface area contributed by atoms with Crippen LogP contribution in [0.3, 0.4) is 0 Å². The fourth-order valence-electron chi connectivity index (χ4n) is 4.29. The lowest BCUT2D eigenvalue weighted by Crippen LogP contribution is -2.35. The molecule has 2 amide bonds. The summed E-state index contributed by atoms with van der Waals surface area (Å²) in [5, 5.41) is 17.8. The predicted molar refractivity (Wildman–Crippen MR) is 141 cm³/mol. The number of carbonyl (C=O) groups is 2. The van der Waals surface area contributed by atoms with Crippen LogP contribution in [0.1, 0.15) is 36.6 Å². The van der Waals surface area contributed by atoms with E-state index in [0.29, 0.717) is 29.3 Å². The van der Waals surface area contributed by atoms with Crippen LogP contribution in [0.5, 0.6) is 0 Å². The number of anilines is 1. The number of hydrogen-bond donors (Lipinski definition) is 3. The van der Waals surface area contributed by atoms with Gasteiger partial charge in [0.15, 0.2) is 5.15 Å². The largest absolute Gasteiger partial charge is 0.453 e. The van der Waals surface area contributed by atoms with Crippen LogP contribution in [0.25, 0.3) is 11.1 Å². The van der Waals surface area contributed by atoms with Crippen molar-refractivity contribution < 1.29 is 19.1 Å². The number of aromatic nitrogens is 2. The summed E-state index contributed by atoms with van der Waals surface area (Å²) in [5.41, 5.74) is 3.55. The van der Waals surface area contributed by atoms with Gasteiger partial charge in [-0.3, -0.25) is 5.32 Å². The normalized spacial score (nSPS) is 15.9. The summed E-state index contributed by atoms with van der Waals surface area (Å²) in [6.07, 6.45) is 1.76. The Labute approximate surface area is 220 Å². The summed E-state index contributed by atoms with van der Waals surface area (Å²) in [6, 6.07) is 18.1. The van der Waals surface area contributed by atoms with E-state index in [4.69, 9.17) is 16.3 Å². The van der Waals surface area contributed by atoms with Crippen LogP contribution in [0.4, 0.5) is 15.3 Å². The molecule has 3 N–H and O–H groups in total. The molecular formula is C27H30ClN5O4. The molecule has 0 radical (unpaired) electrons. The van der Waals surface area contributed by atoms with E-state index in [-0.39, 0.29) is 11.8 Å². The Kier molecular flexibility index (Phi) is 9.29. The van der Waals surface area contributed by atoms with E-state index in [1.165, 1.54) is 7.11 Å². The number of halogens is 1. The minimum absolute atomic E-state index is 0.174. The number of carbonyl (C=O) groups excluding carboxylic acids is 2. The van der Waals surface area contributed by atoms with E-state index in [2.05, 4.69) is 30.9 Å². The molecule has 37 heavy (non-hydrogen) atoms. The number of ether oxygens (including phenoxy) is 2. The van der Waals surface area contributed by atoms with Crippen LogP contribution in [-0.2, 0) is 16.1 Å². The maximum Gasteiger partial charge on any atom is 0.411 e. The summed E-state index contributed by atoms with van der Waals surface area (Å²) in [4.78, 5) is 24.2. The highest BCUT2D eigenvalue weighted by atomic mass is 35.5. The summed E-state index contributed by atoms with van der Waals surface area (Å²) >= 11 is 6.41. The van der Waals surface area contributed by atoms with Crippen LogP contribution in [0.15, 0.2) is 60.7 Å². The molecule has 1 aliphatic heterocycles. The van der Waals surface area contributed by atoms with Crippen molar-refractivity contribution in [3.8, 4) is 11.1 Å². The van der Waals surface area contributed by atoms with Gasteiger partial charge in [0, 0.05) is 11.3 Å². The second-order valence-electron chi connectivity index (χ2n) is 8.87. The molecule has 1 fully saturated rings. The van der Waals surface area contributed by atoms with Crippen molar-refractivity contribution in [2.45, 2.75) is 31.9 Å². The standard InChI is InChI=1S/C27H30ClN5O4/c1-36-26(34)30-21-11-9-20(10-12-21)22-15-24(32-33-25(22)28)23(14-19-8-5-13-29-16-19)31-27(35)37-17-18-6-3-2-4-7-18/h2-4,6-7,9-12,15,19,23,29H,5,8,13-14,16-17H2,1H3,(H,30,34)(H,31,35)/t19-,23?/m0/s1. The molecule has 0 spiro atoms. The fourth-order valence-corrected chi connectivity index (χ4v) is 4.49. The molecule has 10 heteroatoms. The number of benzene rings is 2. The van der Waals surface area contributed by atoms with E-state index in [1.807, 2.05) is 48.5 Å². The van der Waals surface area contributed by atoms with Gasteiger partial charge < -0.3 is 20.1 Å². The lowest BCUT2D eigenvalue weighted by atomic mass is 9.90. The molecule has 0 saturated carbocycles. The summed E-state index contributed by atoms with van der Waals surface area (Å²) in [7, 11) is 1.30. The molecule has 3 aromatic rings. The van der Waals surface area contributed by atoms with Gasteiger partial charge in [-0.15, -0.1) is 5.10 Å². The number of methoxy groups -OCH3 is 1. The van der Waals surface area contributed by atoms with Crippen molar-refractivity contribution in [2.75, 3.05) is 25.5 Å². The Morgan fingerprint density at radius 2 is 1.89 bits per heavy atom. The van der Waals surface area contributed by atoms with Gasteiger partial charge in [0.1, 0.15) is 6.61 Å². The molecule has 1 aromatic heterocycles. The Morgan fingerprint density at radius 3 is 2.59 bits per heavy atom. The van der Waals surface area contributed by atoms with Gasteiger partial charge in [0.25, 0.3) is 0 Å². The SMILES string of the molecule is COC(=O)Nc1ccc(-c2cc(C(C[C@@H]3CCCNC3)NC(=O)OCc3ccccc3)nnc2Cl)cc1. The second-order valence-corrected chi connectivity index (χ2v) is 9.23. The molecule has 1 aliphatic rings. The highest BCUT2D eigenvalue weighted by molar-refractivity contribution is 6.32. The monoisotopic (exact) mass is 523 g/mol. The van der Waals surface area contributed by atoms with Gasteiger partial charge in [-0.2, -0.15) is 5.10 Å². The Morgan fingerprint density at radius 1 is 1.11 bits per heavy atom. The van der Waals surface area contributed by atoms with Gasteiger partial charge in [-0.1, -0.05) is 54.1 Å². The molecule has 2 atom stereocenters. The Hall–Kier alpha value is -3.69. The number of amides is 2. The third-order valence-corrected chi connectivity index (χ3v) is 6.50. The third-order valence-electron chi connectivity index (χ3n) is 6.23. The van der Waals surface area contributed by atoms with Crippen LogP contribution in [0.2, 0.25) is 5.15 Å². The quantitative estimate of drug-likeness (QED) is 0.365. The van der Waals surface area contributed by atoms with Crippen LogP contribution in [0, 0.1) is 5.92 Å². The highest BCUT2D eigenvalue weighted by Crippen LogP contribution is 2.31. The summed E-state index contributed by atoms with van der Waals surface area (Å²) < 4.78 is 10.1. The molecule has 1 saturated heterocycles. The first kappa shape index (κ1) is 26.4. The van der Waals surface area contributed by atoms with E-state index in [9.17, 15) is 9.59 Å². The van der Waals surface area contributed by atoms with E-state index < -0.39 is 18.2 Å². The summed E-state index contributed by atoms with van der Waals surface area (Å²) in [6.45, 7) is 2.05.